The lowest BCUT2D eigenvalue weighted by atomic mass is 10.1. The topological polar surface area (TPSA) is 79.3 Å². The van der Waals surface area contributed by atoms with Gasteiger partial charge in [-0.25, -0.2) is 9.78 Å². The zero-order chi connectivity index (χ0) is 16.3. The predicted molar refractivity (Wildman–Crippen MR) is 87.0 cm³/mol. The molecule has 0 saturated heterocycles. The number of nitrogens with zero attached hydrogens (tertiary/aromatic N) is 1. The van der Waals surface area contributed by atoms with Crippen molar-refractivity contribution in [3.63, 3.8) is 0 Å². The van der Waals surface area contributed by atoms with Crippen LogP contribution in [0, 0.1) is 13.8 Å². The average Bonchev–Trinajstić information content (AvgIpc) is 2.79. The van der Waals surface area contributed by atoms with Gasteiger partial charge in [0.25, 0.3) is 5.91 Å². The zero-order valence-corrected chi connectivity index (χ0v) is 13.3. The molecule has 2 aromatic rings. The van der Waals surface area contributed by atoms with Crippen LogP contribution in [0.1, 0.15) is 17.4 Å². The maximum atomic E-state index is 11.9. The van der Waals surface area contributed by atoms with Gasteiger partial charge in [-0.05, 0) is 20.8 Å². The molecule has 0 atom stereocenters. The minimum atomic E-state index is -1.15. The van der Waals surface area contributed by atoms with Crippen LogP contribution in [0.25, 0.3) is 11.3 Å². The van der Waals surface area contributed by atoms with Crippen molar-refractivity contribution in [1.82, 2.24) is 4.98 Å². The second-order valence-electron chi connectivity index (χ2n) is 4.91. The van der Waals surface area contributed by atoms with Gasteiger partial charge in [-0.3, -0.25) is 10.1 Å². The van der Waals surface area contributed by atoms with Gasteiger partial charge in [0.15, 0.2) is 5.13 Å². The maximum absolute atomic E-state index is 11.9. The standard InChI is InChI=1S/C16H16N2O3S/c1-9-4-6-12(7-5-9)14-11(3)22-16(17-14)18-15(21)10(2)8-13(19)20/h4-8H,1-3H3,(H,19,20)(H,17,18,21). The first-order valence-corrected chi connectivity index (χ1v) is 7.45. The van der Waals surface area contributed by atoms with E-state index < -0.39 is 11.9 Å². The monoisotopic (exact) mass is 316 g/mol. The van der Waals surface area contributed by atoms with Crippen LogP contribution in [0.4, 0.5) is 5.13 Å². The van der Waals surface area contributed by atoms with E-state index in [4.69, 9.17) is 5.11 Å². The minimum Gasteiger partial charge on any atom is -0.478 e. The largest absolute Gasteiger partial charge is 0.478 e. The van der Waals surface area contributed by atoms with Crippen molar-refractivity contribution in [2.75, 3.05) is 5.32 Å². The molecule has 114 valence electrons. The van der Waals surface area contributed by atoms with E-state index in [0.717, 1.165) is 22.2 Å². The summed E-state index contributed by atoms with van der Waals surface area (Å²) >= 11 is 1.36. The Bertz CT molecular complexity index is 745. The summed E-state index contributed by atoms with van der Waals surface area (Å²) in [5, 5.41) is 11.7. The molecule has 2 N–H and O–H groups in total. The molecule has 0 bridgehead atoms. The zero-order valence-electron chi connectivity index (χ0n) is 12.5. The smallest absolute Gasteiger partial charge is 0.328 e. The lowest BCUT2D eigenvalue weighted by molar-refractivity contribution is -0.131. The fourth-order valence-corrected chi connectivity index (χ4v) is 2.71. The van der Waals surface area contributed by atoms with Crippen LogP contribution >= 0.6 is 11.3 Å². The molecule has 0 unspecified atom stereocenters. The number of hydrogen-bond donors (Lipinski definition) is 2. The Labute approximate surface area is 132 Å². The number of aliphatic carboxylic acids is 1. The molecule has 1 aromatic carbocycles. The Morgan fingerprint density at radius 3 is 2.45 bits per heavy atom. The van der Waals surface area contributed by atoms with E-state index in [2.05, 4.69) is 10.3 Å². The highest BCUT2D eigenvalue weighted by Crippen LogP contribution is 2.30. The highest BCUT2D eigenvalue weighted by molar-refractivity contribution is 7.16. The van der Waals surface area contributed by atoms with Gasteiger partial charge in [0, 0.05) is 22.1 Å². The minimum absolute atomic E-state index is 0.122. The number of carboxylic acids is 1. The molecule has 1 heterocycles. The Kier molecular flexibility index (Phi) is 4.72. The predicted octanol–water partition coefficient (Wildman–Crippen LogP) is 3.40. The van der Waals surface area contributed by atoms with Gasteiger partial charge in [0.1, 0.15) is 0 Å². The second-order valence-corrected chi connectivity index (χ2v) is 6.11. The number of amides is 1. The number of aromatic nitrogens is 1. The van der Waals surface area contributed by atoms with E-state index in [1.807, 2.05) is 38.1 Å². The van der Waals surface area contributed by atoms with Gasteiger partial charge in [0.05, 0.1) is 5.69 Å². The number of carbonyl (C=O) groups excluding carboxylic acids is 1. The van der Waals surface area contributed by atoms with Gasteiger partial charge >= 0.3 is 5.97 Å². The lowest BCUT2D eigenvalue weighted by Gasteiger charge is -2.01. The van der Waals surface area contributed by atoms with Gasteiger partial charge < -0.3 is 5.11 Å². The summed E-state index contributed by atoms with van der Waals surface area (Å²) in [6.07, 6.45) is 0.872. The van der Waals surface area contributed by atoms with Gasteiger partial charge in [-0.2, -0.15) is 0 Å². The first-order valence-electron chi connectivity index (χ1n) is 6.64. The van der Waals surface area contributed by atoms with E-state index >= 15 is 0 Å². The molecule has 0 aliphatic rings. The summed E-state index contributed by atoms with van der Waals surface area (Å²) in [5.74, 6) is -1.62. The summed E-state index contributed by atoms with van der Waals surface area (Å²) in [5.41, 5.74) is 3.09. The molecule has 1 amide bonds. The average molecular weight is 316 g/mol. The van der Waals surface area contributed by atoms with Crippen molar-refractivity contribution in [3.8, 4) is 11.3 Å². The summed E-state index contributed by atoms with van der Waals surface area (Å²) in [4.78, 5) is 27.8. The Hall–Kier alpha value is -2.47. The highest BCUT2D eigenvalue weighted by atomic mass is 32.1. The van der Waals surface area contributed by atoms with Gasteiger partial charge in [-0.1, -0.05) is 29.8 Å². The number of carboxylic acid groups (broad SMARTS) is 1. The van der Waals surface area contributed by atoms with E-state index in [0.29, 0.717) is 5.13 Å². The Balaban J connectivity index is 2.21. The summed E-state index contributed by atoms with van der Waals surface area (Å²) in [7, 11) is 0. The summed E-state index contributed by atoms with van der Waals surface area (Å²) in [6.45, 7) is 5.40. The van der Waals surface area contributed by atoms with Crippen molar-refractivity contribution in [2.45, 2.75) is 20.8 Å². The van der Waals surface area contributed by atoms with Crippen LogP contribution in [0.5, 0.6) is 0 Å². The van der Waals surface area contributed by atoms with Gasteiger partial charge in [0.2, 0.25) is 0 Å². The van der Waals surface area contributed by atoms with Crippen molar-refractivity contribution < 1.29 is 14.7 Å². The molecular formula is C16H16N2O3S. The normalized spacial score (nSPS) is 11.3. The number of nitrogens with one attached hydrogen (secondary N) is 1. The highest BCUT2D eigenvalue weighted by Gasteiger charge is 2.13. The van der Waals surface area contributed by atoms with Crippen molar-refractivity contribution >= 4 is 28.3 Å². The number of hydrogen-bond acceptors (Lipinski definition) is 4. The molecule has 0 spiro atoms. The van der Waals surface area contributed by atoms with Crippen molar-refractivity contribution in [3.05, 3.63) is 46.4 Å². The lowest BCUT2D eigenvalue weighted by Crippen LogP contribution is -2.13. The molecule has 2 rings (SSSR count). The first kappa shape index (κ1) is 15.9. The number of anilines is 1. The summed E-state index contributed by atoms with van der Waals surface area (Å²) in [6, 6.07) is 7.98. The van der Waals surface area contributed by atoms with Crippen LogP contribution in [-0.4, -0.2) is 22.0 Å². The van der Waals surface area contributed by atoms with E-state index in [1.54, 1.807) is 0 Å². The van der Waals surface area contributed by atoms with Crippen molar-refractivity contribution in [1.29, 1.82) is 0 Å². The summed E-state index contributed by atoms with van der Waals surface area (Å²) < 4.78 is 0. The fraction of sp³-hybridized carbons (Fsp3) is 0.188. The van der Waals surface area contributed by atoms with Crippen LogP contribution in [0.15, 0.2) is 35.9 Å². The number of carbonyl (C=O) groups is 2. The number of aryl methyl sites for hydroxylation is 2. The molecule has 22 heavy (non-hydrogen) atoms. The third-order valence-corrected chi connectivity index (χ3v) is 3.93. The molecule has 6 heteroatoms. The van der Waals surface area contributed by atoms with E-state index in [9.17, 15) is 9.59 Å². The quantitative estimate of drug-likeness (QED) is 0.847. The van der Waals surface area contributed by atoms with E-state index in [1.165, 1.54) is 23.8 Å². The van der Waals surface area contributed by atoms with Crippen LogP contribution in [-0.2, 0) is 9.59 Å². The molecule has 0 radical (unpaired) electrons. The molecule has 0 fully saturated rings. The third kappa shape index (κ3) is 3.79. The number of rotatable bonds is 4. The molecule has 1 aromatic heterocycles. The SMILES string of the molecule is CC(=CC(=O)O)C(=O)Nc1nc(-c2ccc(C)cc2)c(C)s1. The second kappa shape index (κ2) is 6.53. The van der Waals surface area contributed by atoms with Gasteiger partial charge in [-0.15, -0.1) is 11.3 Å². The Morgan fingerprint density at radius 2 is 1.86 bits per heavy atom. The van der Waals surface area contributed by atoms with Crippen molar-refractivity contribution in [2.24, 2.45) is 0 Å². The van der Waals surface area contributed by atoms with Crippen LogP contribution in [0.3, 0.4) is 0 Å². The first-order chi connectivity index (χ1) is 10.4. The molecule has 0 aliphatic heterocycles. The Morgan fingerprint density at radius 1 is 1.23 bits per heavy atom. The molecular weight excluding hydrogens is 300 g/mol. The maximum Gasteiger partial charge on any atom is 0.328 e. The fourth-order valence-electron chi connectivity index (χ4n) is 1.88. The number of thiazole rings is 1. The molecule has 0 aliphatic carbocycles. The molecule has 0 saturated carbocycles. The van der Waals surface area contributed by atoms with Crippen LogP contribution < -0.4 is 5.32 Å². The third-order valence-electron chi connectivity index (χ3n) is 3.04. The number of benzene rings is 1. The van der Waals surface area contributed by atoms with E-state index in [-0.39, 0.29) is 5.57 Å². The van der Waals surface area contributed by atoms with Crippen LogP contribution in [0.2, 0.25) is 0 Å². The molecule has 5 nitrogen and oxygen atoms in total.